The number of aromatic nitrogens is 3. The zero-order valence-electron chi connectivity index (χ0n) is 13.1. The van der Waals surface area contributed by atoms with Gasteiger partial charge in [0.25, 0.3) is 5.56 Å². The van der Waals surface area contributed by atoms with Crippen LogP contribution in [0.2, 0.25) is 5.02 Å². The largest absolute Gasteiger partial charge is 0.497 e. The van der Waals surface area contributed by atoms with Gasteiger partial charge in [-0.05, 0) is 48.0 Å². The summed E-state index contributed by atoms with van der Waals surface area (Å²) >= 11 is 7.20. The monoisotopic (exact) mass is 369 g/mol. The Balaban J connectivity index is 1.79. The lowest BCUT2D eigenvalue weighted by molar-refractivity contribution is 0.414. The molecule has 0 atom stereocenters. The number of thiazole rings is 1. The second-order valence-electron chi connectivity index (χ2n) is 5.33. The van der Waals surface area contributed by atoms with E-state index >= 15 is 0 Å². The summed E-state index contributed by atoms with van der Waals surface area (Å²) in [5, 5.41) is 4.97. The summed E-state index contributed by atoms with van der Waals surface area (Å²) in [6.45, 7) is 0. The predicted octanol–water partition coefficient (Wildman–Crippen LogP) is 3.03. The minimum absolute atomic E-state index is 0.185. The highest BCUT2D eigenvalue weighted by Crippen LogP contribution is 2.19. The smallest absolute Gasteiger partial charge is 0.291 e. The van der Waals surface area contributed by atoms with Gasteiger partial charge in [0.2, 0.25) is 4.96 Å². The van der Waals surface area contributed by atoms with Crippen molar-refractivity contribution in [2.24, 2.45) is 0 Å². The molecule has 0 aliphatic carbocycles. The molecule has 0 amide bonds. The van der Waals surface area contributed by atoms with Crippen molar-refractivity contribution in [2.75, 3.05) is 7.11 Å². The molecular weight excluding hydrogens is 358 g/mol. The number of hydrogen-bond acceptors (Lipinski definition) is 5. The molecule has 0 unspecified atom stereocenters. The molecule has 2 aromatic heterocycles. The summed E-state index contributed by atoms with van der Waals surface area (Å²) in [7, 11) is 1.61. The molecule has 4 rings (SSSR count). The molecule has 25 heavy (non-hydrogen) atoms. The highest BCUT2D eigenvalue weighted by molar-refractivity contribution is 7.15. The molecular formula is C18H12ClN3O2S. The van der Waals surface area contributed by atoms with Crippen molar-refractivity contribution in [3.8, 4) is 17.1 Å². The molecule has 0 N–H and O–H groups in total. The third-order valence-corrected chi connectivity index (χ3v) is 4.89. The molecule has 0 aliphatic heterocycles. The fourth-order valence-electron chi connectivity index (χ4n) is 2.44. The Kier molecular flexibility index (Phi) is 3.99. The molecule has 0 spiro atoms. The third kappa shape index (κ3) is 3.01. The number of nitrogens with zero attached hydrogens (tertiary/aromatic N) is 3. The zero-order chi connectivity index (χ0) is 17.4. The first-order chi connectivity index (χ1) is 12.1. The molecule has 0 saturated heterocycles. The number of ether oxygens (including phenoxy) is 1. The van der Waals surface area contributed by atoms with Crippen molar-refractivity contribution in [2.45, 2.75) is 0 Å². The normalized spacial score (nSPS) is 12.0. The van der Waals surface area contributed by atoms with E-state index in [-0.39, 0.29) is 5.56 Å². The van der Waals surface area contributed by atoms with Crippen LogP contribution in [-0.4, -0.2) is 21.7 Å². The molecule has 0 aliphatic rings. The summed E-state index contributed by atoms with van der Waals surface area (Å²) in [6.07, 6.45) is 1.81. The van der Waals surface area contributed by atoms with Gasteiger partial charge < -0.3 is 4.74 Å². The number of methoxy groups -OCH3 is 1. The van der Waals surface area contributed by atoms with Crippen molar-refractivity contribution >= 4 is 34.0 Å². The highest BCUT2D eigenvalue weighted by atomic mass is 35.5. The van der Waals surface area contributed by atoms with Gasteiger partial charge in [-0.15, -0.1) is 5.10 Å². The van der Waals surface area contributed by atoms with Gasteiger partial charge in [-0.1, -0.05) is 35.1 Å². The van der Waals surface area contributed by atoms with Crippen LogP contribution in [0.5, 0.6) is 5.75 Å². The van der Waals surface area contributed by atoms with E-state index < -0.39 is 0 Å². The van der Waals surface area contributed by atoms with Crippen LogP contribution in [0.25, 0.3) is 22.4 Å². The van der Waals surface area contributed by atoms with E-state index in [9.17, 15) is 4.79 Å². The van der Waals surface area contributed by atoms with Crippen LogP contribution in [0.1, 0.15) is 5.56 Å². The van der Waals surface area contributed by atoms with E-state index in [1.807, 2.05) is 42.5 Å². The first-order valence-electron chi connectivity index (χ1n) is 7.45. The molecule has 0 saturated carbocycles. The Morgan fingerprint density at radius 2 is 2.00 bits per heavy atom. The van der Waals surface area contributed by atoms with E-state index in [2.05, 4.69) is 10.1 Å². The Hall–Kier alpha value is -2.70. The Bertz CT molecular complexity index is 1170. The second-order valence-corrected chi connectivity index (χ2v) is 6.77. The summed E-state index contributed by atoms with van der Waals surface area (Å²) < 4.78 is 7.11. The Labute approximate surface area is 151 Å². The van der Waals surface area contributed by atoms with Gasteiger partial charge >= 0.3 is 0 Å². The first kappa shape index (κ1) is 15.8. The van der Waals surface area contributed by atoms with Crippen molar-refractivity contribution < 1.29 is 4.74 Å². The zero-order valence-corrected chi connectivity index (χ0v) is 14.7. The summed E-state index contributed by atoms with van der Waals surface area (Å²) in [5.74, 6) is 1.25. The molecule has 2 aromatic carbocycles. The molecule has 0 fully saturated rings. The van der Waals surface area contributed by atoms with Crippen molar-refractivity contribution in [3.05, 3.63) is 74.0 Å². The van der Waals surface area contributed by atoms with Gasteiger partial charge in [-0.2, -0.15) is 9.50 Å². The average molecular weight is 370 g/mol. The summed E-state index contributed by atoms with van der Waals surface area (Å²) in [6, 6.07) is 14.7. The standard InChI is InChI=1S/C18H12ClN3O2S/c1-24-14-4-2-3-11(9-14)10-15-17(23)22-18(25-15)20-16(21-22)12-5-7-13(19)8-6-12/h2-10H,1H3/b15-10-. The number of rotatable bonds is 3. The molecule has 4 aromatic rings. The quantitative estimate of drug-likeness (QED) is 0.557. The lowest BCUT2D eigenvalue weighted by Crippen LogP contribution is -2.23. The van der Waals surface area contributed by atoms with Gasteiger partial charge in [-0.3, -0.25) is 4.79 Å². The number of hydrogen-bond donors (Lipinski definition) is 0. The van der Waals surface area contributed by atoms with Gasteiger partial charge in [0.1, 0.15) is 5.75 Å². The SMILES string of the molecule is COc1cccc(/C=c2\sc3nc(-c4ccc(Cl)cc4)nn3c2=O)c1. The first-order valence-corrected chi connectivity index (χ1v) is 8.65. The van der Waals surface area contributed by atoms with E-state index in [0.717, 1.165) is 16.9 Å². The fourth-order valence-corrected chi connectivity index (χ4v) is 3.47. The minimum Gasteiger partial charge on any atom is -0.497 e. The maximum Gasteiger partial charge on any atom is 0.291 e. The average Bonchev–Trinajstić information content (AvgIpc) is 3.16. The summed E-state index contributed by atoms with van der Waals surface area (Å²) in [5.41, 5.74) is 1.52. The van der Waals surface area contributed by atoms with Crippen LogP contribution >= 0.6 is 22.9 Å². The molecule has 124 valence electrons. The van der Waals surface area contributed by atoms with E-state index in [0.29, 0.717) is 20.3 Å². The molecule has 0 bridgehead atoms. The predicted molar refractivity (Wildman–Crippen MR) is 99.4 cm³/mol. The van der Waals surface area contributed by atoms with Gasteiger partial charge in [0.05, 0.1) is 11.6 Å². The lowest BCUT2D eigenvalue weighted by atomic mass is 10.2. The van der Waals surface area contributed by atoms with Crippen molar-refractivity contribution in [3.63, 3.8) is 0 Å². The van der Waals surface area contributed by atoms with Gasteiger partial charge in [-0.25, -0.2) is 0 Å². The summed E-state index contributed by atoms with van der Waals surface area (Å²) in [4.78, 5) is 17.6. The molecule has 5 nitrogen and oxygen atoms in total. The van der Waals surface area contributed by atoms with Crippen molar-refractivity contribution in [1.82, 2.24) is 14.6 Å². The molecule has 2 heterocycles. The highest BCUT2D eigenvalue weighted by Gasteiger charge is 2.11. The van der Waals surface area contributed by atoms with Crippen LogP contribution in [0.15, 0.2) is 53.3 Å². The van der Waals surface area contributed by atoms with E-state index in [4.69, 9.17) is 16.3 Å². The number of benzene rings is 2. The topological polar surface area (TPSA) is 56.5 Å². The minimum atomic E-state index is -0.185. The molecule has 0 radical (unpaired) electrons. The third-order valence-electron chi connectivity index (χ3n) is 3.68. The van der Waals surface area contributed by atoms with E-state index in [1.165, 1.54) is 15.9 Å². The number of halogens is 1. The number of fused-ring (bicyclic) bond motifs is 1. The maximum absolute atomic E-state index is 12.6. The van der Waals surface area contributed by atoms with Crippen LogP contribution in [-0.2, 0) is 0 Å². The van der Waals surface area contributed by atoms with Crippen LogP contribution in [0.3, 0.4) is 0 Å². The van der Waals surface area contributed by atoms with Crippen molar-refractivity contribution in [1.29, 1.82) is 0 Å². The van der Waals surface area contributed by atoms with Gasteiger partial charge in [0.15, 0.2) is 5.82 Å². The lowest BCUT2D eigenvalue weighted by Gasteiger charge is -1.99. The Morgan fingerprint density at radius 3 is 2.72 bits per heavy atom. The van der Waals surface area contributed by atoms with Crippen LogP contribution in [0.4, 0.5) is 0 Å². The fraction of sp³-hybridized carbons (Fsp3) is 0.0556. The Morgan fingerprint density at radius 1 is 1.20 bits per heavy atom. The molecule has 7 heteroatoms. The van der Waals surface area contributed by atoms with E-state index in [1.54, 1.807) is 19.2 Å². The second kappa shape index (κ2) is 6.31. The maximum atomic E-state index is 12.6. The van der Waals surface area contributed by atoms with Gasteiger partial charge in [0, 0.05) is 10.6 Å². The van der Waals surface area contributed by atoms with Crippen LogP contribution in [0, 0.1) is 0 Å². The van der Waals surface area contributed by atoms with Crippen LogP contribution < -0.4 is 14.8 Å².